The quantitative estimate of drug-likeness (QED) is 0.797. The monoisotopic (exact) mass is 335 g/mol. The molecule has 1 atom stereocenters. The number of imidazole rings is 1. The summed E-state index contributed by atoms with van der Waals surface area (Å²) in [6.07, 6.45) is 9.00. The molecule has 4 rings (SSSR count). The van der Waals surface area contributed by atoms with Gasteiger partial charge in [0.15, 0.2) is 0 Å². The van der Waals surface area contributed by atoms with Crippen molar-refractivity contribution in [2.75, 3.05) is 0 Å². The Hall–Kier alpha value is -2.89. The fourth-order valence-electron chi connectivity index (χ4n) is 3.59. The predicted octanol–water partition coefficient (Wildman–Crippen LogP) is 2.63. The van der Waals surface area contributed by atoms with E-state index in [0.29, 0.717) is 6.42 Å². The van der Waals surface area contributed by atoms with E-state index in [4.69, 9.17) is 0 Å². The number of amides is 1. The average molecular weight is 335 g/mol. The Morgan fingerprint density at radius 3 is 2.84 bits per heavy atom. The summed E-state index contributed by atoms with van der Waals surface area (Å²) in [5.74, 6) is 1.04. The van der Waals surface area contributed by atoms with Crippen molar-refractivity contribution in [2.24, 2.45) is 0 Å². The van der Waals surface area contributed by atoms with E-state index in [9.17, 15) is 4.79 Å². The molecule has 1 fully saturated rings. The van der Waals surface area contributed by atoms with Crippen LogP contribution in [-0.4, -0.2) is 31.3 Å². The van der Waals surface area contributed by atoms with Crippen LogP contribution in [0.4, 0.5) is 0 Å². The molecule has 1 saturated heterocycles. The highest BCUT2D eigenvalue weighted by molar-refractivity contribution is 5.78. The lowest BCUT2D eigenvalue weighted by atomic mass is 10.0. The molecular weight excluding hydrogens is 314 g/mol. The van der Waals surface area contributed by atoms with Crippen LogP contribution in [0.25, 0.3) is 17.1 Å². The van der Waals surface area contributed by atoms with E-state index in [-0.39, 0.29) is 11.9 Å². The first-order chi connectivity index (χ1) is 12.1. The Kier molecular flexibility index (Phi) is 3.87. The second-order valence-corrected chi connectivity index (χ2v) is 6.63. The third-order valence-electron chi connectivity index (χ3n) is 4.64. The van der Waals surface area contributed by atoms with Gasteiger partial charge in [0.1, 0.15) is 5.82 Å². The van der Waals surface area contributed by atoms with Gasteiger partial charge in [-0.3, -0.25) is 4.79 Å². The van der Waals surface area contributed by atoms with Crippen LogP contribution >= 0.6 is 0 Å². The highest BCUT2D eigenvalue weighted by Crippen LogP contribution is 2.30. The number of hydrogen-bond acceptors (Lipinski definition) is 3. The van der Waals surface area contributed by atoms with Gasteiger partial charge < -0.3 is 9.88 Å². The number of benzene rings is 1. The highest BCUT2D eigenvalue weighted by Gasteiger charge is 2.23. The Bertz CT molecular complexity index is 910. The molecule has 1 aliphatic heterocycles. The maximum Gasteiger partial charge on any atom is 0.220 e. The standard InChI is InChI=1S/C19H21N5O/c1-13-10-14(2)18(24-8-3-6-21-24)16(11-13)19-20-7-9-23(19)12-15-4-5-17(25)22-15/h3,6-11,15H,4-5,12H2,1-2H3,(H,22,25). The summed E-state index contributed by atoms with van der Waals surface area (Å²) < 4.78 is 4.01. The molecule has 1 unspecified atom stereocenters. The molecule has 25 heavy (non-hydrogen) atoms. The van der Waals surface area contributed by atoms with Gasteiger partial charge in [-0.05, 0) is 43.5 Å². The van der Waals surface area contributed by atoms with E-state index in [1.54, 1.807) is 6.20 Å². The molecule has 1 amide bonds. The molecule has 0 saturated carbocycles. The number of hydrogen-bond donors (Lipinski definition) is 1. The van der Waals surface area contributed by atoms with Crippen molar-refractivity contribution in [1.29, 1.82) is 0 Å². The highest BCUT2D eigenvalue weighted by atomic mass is 16.1. The summed E-state index contributed by atoms with van der Waals surface area (Å²) in [4.78, 5) is 16.1. The van der Waals surface area contributed by atoms with Crippen molar-refractivity contribution in [1.82, 2.24) is 24.6 Å². The molecule has 0 aliphatic carbocycles. The van der Waals surface area contributed by atoms with Gasteiger partial charge in [-0.1, -0.05) is 6.07 Å². The van der Waals surface area contributed by atoms with Crippen LogP contribution in [-0.2, 0) is 11.3 Å². The molecule has 0 spiro atoms. The maximum absolute atomic E-state index is 11.5. The van der Waals surface area contributed by atoms with E-state index in [2.05, 4.69) is 45.9 Å². The van der Waals surface area contributed by atoms with Crippen LogP contribution in [0.5, 0.6) is 0 Å². The molecule has 0 radical (unpaired) electrons. The summed E-state index contributed by atoms with van der Waals surface area (Å²) in [6, 6.07) is 6.39. The largest absolute Gasteiger partial charge is 0.352 e. The van der Waals surface area contributed by atoms with Crippen LogP contribution in [0, 0.1) is 13.8 Å². The summed E-state index contributed by atoms with van der Waals surface area (Å²) >= 11 is 0. The van der Waals surface area contributed by atoms with E-state index in [1.165, 1.54) is 5.56 Å². The van der Waals surface area contributed by atoms with Crippen molar-refractivity contribution >= 4 is 5.91 Å². The van der Waals surface area contributed by atoms with Crippen molar-refractivity contribution in [3.63, 3.8) is 0 Å². The lowest BCUT2D eigenvalue weighted by Gasteiger charge is -2.17. The van der Waals surface area contributed by atoms with E-state index < -0.39 is 0 Å². The van der Waals surface area contributed by atoms with Crippen LogP contribution in [0.3, 0.4) is 0 Å². The minimum Gasteiger partial charge on any atom is -0.352 e. The molecule has 3 heterocycles. The summed E-state index contributed by atoms with van der Waals surface area (Å²) in [5.41, 5.74) is 4.43. The molecule has 6 heteroatoms. The van der Waals surface area contributed by atoms with Crippen molar-refractivity contribution in [3.05, 3.63) is 54.1 Å². The van der Waals surface area contributed by atoms with Crippen molar-refractivity contribution in [2.45, 2.75) is 39.3 Å². The van der Waals surface area contributed by atoms with Gasteiger partial charge in [-0.2, -0.15) is 5.10 Å². The molecule has 1 aliphatic rings. The Morgan fingerprint density at radius 2 is 2.12 bits per heavy atom. The van der Waals surface area contributed by atoms with Gasteiger partial charge in [0, 0.05) is 49.4 Å². The number of aromatic nitrogens is 4. The smallest absolute Gasteiger partial charge is 0.220 e. The lowest BCUT2D eigenvalue weighted by molar-refractivity contribution is -0.119. The van der Waals surface area contributed by atoms with E-state index >= 15 is 0 Å². The molecule has 128 valence electrons. The van der Waals surface area contributed by atoms with Gasteiger partial charge >= 0.3 is 0 Å². The van der Waals surface area contributed by atoms with Gasteiger partial charge in [0.25, 0.3) is 0 Å². The topological polar surface area (TPSA) is 64.7 Å². The van der Waals surface area contributed by atoms with Crippen LogP contribution < -0.4 is 5.32 Å². The number of nitrogens with zero attached hydrogens (tertiary/aromatic N) is 4. The zero-order chi connectivity index (χ0) is 17.4. The van der Waals surface area contributed by atoms with Crippen LogP contribution in [0.2, 0.25) is 0 Å². The minimum atomic E-state index is 0.135. The van der Waals surface area contributed by atoms with Crippen molar-refractivity contribution in [3.8, 4) is 17.1 Å². The number of rotatable bonds is 4. The van der Waals surface area contributed by atoms with Crippen LogP contribution in [0.15, 0.2) is 43.0 Å². The van der Waals surface area contributed by atoms with Crippen molar-refractivity contribution < 1.29 is 4.79 Å². The number of nitrogens with one attached hydrogen (secondary N) is 1. The summed E-state index contributed by atoms with van der Waals surface area (Å²) in [6.45, 7) is 4.92. The van der Waals surface area contributed by atoms with Crippen LogP contribution in [0.1, 0.15) is 24.0 Å². The molecule has 3 aromatic rings. The second-order valence-electron chi connectivity index (χ2n) is 6.63. The molecule has 2 aromatic heterocycles. The first-order valence-corrected chi connectivity index (χ1v) is 8.54. The molecule has 0 bridgehead atoms. The zero-order valence-corrected chi connectivity index (χ0v) is 14.4. The third kappa shape index (κ3) is 2.95. The fraction of sp³-hybridized carbons (Fsp3) is 0.316. The Balaban J connectivity index is 1.78. The van der Waals surface area contributed by atoms with Gasteiger partial charge in [0.05, 0.1) is 5.69 Å². The summed E-state index contributed by atoms with van der Waals surface area (Å²) in [5, 5.41) is 7.44. The molecular formula is C19H21N5O. The first kappa shape index (κ1) is 15.6. The van der Waals surface area contributed by atoms with Gasteiger partial charge in [-0.15, -0.1) is 0 Å². The number of aryl methyl sites for hydroxylation is 2. The zero-order valence-electron chi connectivity index (χ0n) is 14.4. The maximum atomic E-state index is 11.5. The minimum absolute atomic E-state index is 0.135. The van der Waals surface area contributed by atoms with Gasteiger partial charge in [-0.25, -0.2) is 9.67 Å². The Labute approximate surface area is 146 Å². The average Bonchev–Trinajstić information content (AvgIpc) is 3.29. The van der Waals surface area contributed by atoms with E-state index in [0.717, 1.165) is 35.6 Å². The Morgan fingerprint density at radius 1 is 1.24 bits per heavy atom. The third-order valence-corrected chi connectivity index (χ3v) is 4.64. The SMILES string of the molecule is Cc1cc(C)c(-n2cccn2)c(-c2nccn2CC2CCC(=O)N2)c1. The summed E-state index contributed by atoms with van der Waals surface area (Å²) in [7, 11) is 0. The predicted molar refractivity (Wildman–Crippen MR) is 95.4 cm³/mol. The number of carbonyl (C=O) groups excluding carboxylic acids is 1. The second kappa shape index (κ2) is 6.20. The normalized spacial score (nSPS) is 17.0. The lowest BCUT2D eigenvalue weighted by Crippen LogP contribution is -2.29. The van der Waals surface area contributed by atoms with E-state index in [1.807, 2.05) is 29.3 Å². The molecule has 1 aromatic carbocycles. The molecule has 6 nitrogen and oxygen atoms in total. The van der Waals surface area contributed by atoms with Gasteiger partial charge in [0.2, 0.25) is 5.91 Å². The number of carbonyl (C=O) groups is 1. The molecule has 1 N–H and O–H groups in total. The first-order valence-electron chi connectivity index (χ1n) is 8.54. The fourth-order valence-corrected chi connectivity index (χ4v) is 3.59.